The lowest BCUT2D eigenvalue weighted by Crippen LogP contribution is -2.23. The summed E-state index contributed by atoms with van der Waals surface area (Å²) in [6.07, 6.45) is 0.0117. The molecule has 1 unspecified atom stereocenters. The lowest BCUT2D eigenvalue weighted by Gasteiger charge is -2.17. The van der Waals surface area contributed by atoms with Crippen LogP contribution in [-0.4, -0.2) is 25.9 Å². The van der Waals surface area contributed by atoms with E-state index in [2.05, 4.69) is 19.2 Å². The Morgan fingerprint density at radius 2 is 1.89 bits per heavy atom. The van der Waals surface area contributed by atoms with Crippen LogP contribution in [0, 0.1) is 0 Å². The molecule has 1 aromatic rings. The molecule has 0 amide bonds. The third kappa shape index (κ3) is 5.57. The largest absolute Gasteiger partial charge is 0.489 e. The van der Waals surface area contributed by atoms with Gasteiger partial charge in [0, 0.05) is 30.3 Å². The summed E-state index contributed by atoms with van der Waals surface area (Å²) in [6.45, 7) is 7.22. The third-order valence-electron chi connectivity index (χ3n) is 2.65. The molecule has 0 saturated heterocycles. The van der Waals surface area contributed by atoms with Gasteiger partial charge in [-0.2, -0.15) is 0 Å². The quantitative estimate of drug-likeness (QED) is 0.828. The van der Waals surface area contributed by atoms with Gasteiger partial charge in [0.2, 0.25) is 0 Å². The third-order valence-corrected chi connectivity index (χ3v) is 3.15. The fraction of sp³-hybridized carbons (Fsp3) is 0.571. The summed E-state index contributed by atoms with van der Waals surface area (Å²) in [5.41, 5.74) is 0.953. The van der Waals surface area contributed by atoms with Crippen molar-refractivity contribution in [1.29, 1.82) is 0 Å². The Hall–Kier alpha value is -0.480. The highest BCUT2D eigenvalue weighted by Crippen LogP contribution is 2.32. The first-order valence-electron chi connectivity index (χ1n) is 6.31. The highest BCUT2D eigenvalue weighted by molar-refractivity contribution is 6.35. The van der Waals surface area contributed by atoms with E-state index in [9.17, 15) is 0 Å². The maximum absolute atomic E-state index is 6.20. The van der Waals surface area contributed by atoms with Crippen LogP contribution in [0.3, 0.4) is 0 Å². The van der Waals surface area contributed by atoms with Crippen LogP contribution in [0.2, 0.25) is 10.0 Å². The van der Waals surface area contributed by atoms with Gasteiger partial charge in [-0.25, -0.2) is 0 Å². The van der Waals surface area contributed by atoms with E-state index in [1.807, 2.05) is 13.0 Å². The van der Waals surface area contributed by atoms with E-state index >= 15 is 0 Å². The van der Waals surface area contributed by atoms with Crippen LogP contribution < -0.4 is 10.1 Å². The second kappa shape index (κ2) is 7.95. The SMILES string of the molecule is COC(C)COc1c(Cl)cc(Cl)cc1CNC(C)C. The molecule has 5 heteroatoms. The van der Waals surface area contributed by atoms with E-state index in [1.54, 1.807) is 13.2 Å². The smallest absolute Gasteiger partial charge is 0.142 e. The fourth-order valence-corrected chi connectivity index (χ4v) is 2.08. The topological polar surface area (TPSA) is 30.5 Å². The average molecular weight is 306 g/mol. The van der Waals surface area contributed by atoms with Gasteiger partial charge < -0.3 is 14.8 Å². The van der Waals surface area contributed by atoms with E-state index < -0.39 is 0 Å². The van der Waals surface area contributed by atoms with Gasteiger partial charge in [0.25, 0.3) is 0 Å². The number of benzene rings is 1. The summed E-state index contributed by atoms with van der Waals surface area (Å²) < 4.78 is 10.9. The van der Waals surface area contributed by atoms with Crippen LogP contribution in [0.15, 0.2) is 12.1 Å². The van der Waals surface area contributed by atoms with Crippen molar-refractivity contribution in [2.45, 2.75) is 39.5 Å². The molecule has 0 aromatic heterocycles. The van der Waals surface area contributed by atoms with Crippen LogP contribution >= 0.6 is 23.2 Å². The Labute approximate surface area is 125 Å². The monoisotopic (exact) mass is 305 g/mol. The molecule has 0 radical (unpaired) electrons. The average Bonchev–Trinajstić information content (AvgIpc) is 2.34. The minimum absolute atomic E-state index is 0.0117. The molecule has 0 spiro atoms. The van der Waals surface area contributed by atoms with Crippen molar-refractivity contribution < 1.29 is 9.47 Å². The van der Waals surface area contributed by atoms with Crippen LogP contribution in [0.5, 0.6) is 5.75 Å². The molecule has 0 heterocycles. The van der Waals surface area contributed by atoms with Gasteiger partial charge in [-0.3, -0.25) is 0 Å². The molecule has 0 fully saturated rings. The summed E-state index contributed by atoms with van der Waals surface area (Å²) in [7, 11) is 1.65. The molecule has 0 aliphatic rings. The highest BCUT2D eigenvalue weighted by atomic mass is 35.5. The van der Waals surface area contributed by atoms with Crippen molar-refractivity contribution in [2.75, 3.05) is 13.7 Å². The Balaban J connectivity index is 2.86. The summed E-state index contributed by atoms with van der Waals surface area (Å²) in [5, 5.41) is 4.46. The van der Waals surface area contributed by atoms with Crippen LogP contribution in [0.4, 0.5) is 0 Å². The lowest BCUT2D eigenvalue weighted by molar-refractivity contribution is 0.0713. The number of nitrogens with one attached hydrogen (secondary N) is 1. The molecular weight excluding hydrogens is 285 g/mol. The van der Waals surface area contributed by atoms with Gasteiger partial charge in [-0.05, 0) is 19.1 Å². The summed E-state index contributed by atoms with van der Waals surface area (Å²) in [4.78, 5) is 0. The molecule has 0 bridgehead atoms. The normalized spacial score (nSPS) is 12.8. The zero-order valence-electron chi connectivity index (χ0n) is 11.8. The van der Waals surface area contributed by atoms with Gasteiger partial charge in [0.15, 0.2) is 0 Å². The zero-order chi connectivity index (χ0) is 14.4. The highest BCUT2D eigenvalue weighted by Gasteiger charge is 2.12. The Bertz CT molecular complexity index is 411. The minimum Gasteiger partial charge on any atom is -0.489 e. The molecule has 19 heavy (non-hydrogen) atoms. The molecule has 1 atom stereocenters. The molecule has 108 valence electrons. The van der Waals surface area contributed by atoms with E-state index in [0.29, 0.717) is 35.0 Å². The number of rotatable bonds is 7. The predicted molar refractivity (Wildman–Crippen MR) is 80.4 cm³/mol. The Morgan fingerprint density at radius 1 is 1.21 bits per heavy atom. The standard InChI is InChI=1S/C14H21Cl2NO2/c1-9(2)17-7-11-5-12(15)6-13(16)14(11)19-8-10(3)18-4/h5-6,9-10,17H,7-8H2,1-4H3. The van der Waals surface area contributed by atoms with Crippen LogP contribution in [-0.2, 0) is 11.3 Å². The van der Waals surface area contributed by atoms with E-state index in [-0.39, 0.29) is 6.10 Å². The number of halogens is 2. The van der Waals surface area contributed by atoms with Gasteiger partial charge >= 0.3 is 0 Å². The second-order valence-electron chi connectivity index (χ2n) is 4.77. The second-order valence-corrected chi connectivity index (χ2v) is 5.61. The van der Waals surface area contributed by atoms with Crippen molar-refractivity contribution in [3.63, 3.8) is 0 Å². The first-order valence-corrected chi connectivity index (χ1v) is 7.06. The van der Waals surface area contributed by atoms with Gasteiger partial charge in [-0.1, -0.05) is 37.0 Å². The molecule has 0 aliphatic heterocycles. The minimum atomic E-state index is 0.0117. The molecule has 1 aromatic carbocycles. The molecule has 1 N–H and O–H groups in total. The number of hydrogen-bond donors (Lipinski definition) is 1. The summed E-state index contributed by atoms with van der Waals surface area (Å²) in [5.74, 6) is 0.670. The van der Waals surface area contributed by atoms with Gasteiger partial charge in [0.1, 0.15) is 12.4 Å². The number of hydrogen-bond acceptors (Lipinski definition) is 3. The number of ether oxygens (including phenoxy) is 2. The maximum atomic E-state index is 6.20. The Kier molecular flexibility index (Phi) is 6.94. The zero-order valence-corrected chi connectivity index (χ0v) is 13.3. The molecule has 0 saturated carbocycles. The van der Waals surface area contributed by atoms with Crippen molar-refractivity contribution >= 4 is 23.2 Å². The van der Waals surface area contributed by atoms with Crippen molar-refractivity contribution in [3.05, 3.63) is 27.7 Å². The van der Waals surface area contributed by atoms with E-state index in [4.69, 9.17) is 32.7 Å². The van der Waals surface area contributed by atoms with Crippen molar-refractivity contribution in [3.8, 4) is 5.75 Å². The van der Waals surface area contributed by atoms with Gasteiger partial charge in [0.05, 0.1) is 11.1 Å². The number of methoxy groups -OCH3 is 1. The molecule has 1 rings (SSSR count). The van der Waals surface area contributed by atoms with Crippen molar-refractivity contribution in [2.24, 2.45) is 0 Å². The van der Waals surface area contributed by atoms with Gasteiger partial charge in [-0.15, -0.1) is 0 Å². The lowest BCUT2D eigenvalue weighted by atomic mass is 10.2. The Morgan fingerprint density at radius 3 is 2.47 bits per heavy atom. The van der Waals surface area contributed by atoms with Crippen molar-refractivity contribution in [1.82, 2.24) is 5.32 Å². The molecular formula is C14H21Cl2NO2. The van der Waals surface area contributed by atoms with E-state index in [1.165, 1.54) is 0 Å². The first-order chi connectivity index (χ1) is 8.93. The molecule has 0 aliphatic carbocycles. The first kappa shape index (κ1) is 16.6. The fourth-order valence-electron chi connectivity index (χ4n) is 1.49. The van der Waals surface area contributed by atoms with Crippen LogP contribution in [0.1, 0.15) is 26.3 Å². The van der Waals surface area contributed by atoms with E-state index in [0.717, 1.165) is 5.56 Å². The predicted octanol–water partition coefficient (Wildman–Crippen LogP) is 3.91. The summed E-state index contributed by atoms with van der Waals surface area (Å²) in [6, 6.07) is 3.94. The maximum Gasteiger partial charge on any atom is 0.142 e. The summed E-state index contributed by atoms with van der Waals surface area (Å²) >= 11 is 12.2. The molecule has 3 nitrogen and oxygen atoms in total. The van der Waals surface area contributed by atoms with Crippen LogP contribution in [0.25, 0.3) is 0 Å².